The summed E-state index contributed by atoms with van der Waals surface area (Å²) < 4.78 is 5.24. The summed E-state index contributed by atoms with van der Waals surface area (Å²) >= 11 is 0.911. The van der Waals surface area contributed by atoms with Gasteiger partial charge in [-0.2, -0.15) is 0 Å². The molecule has 0 saturated heterocycles. The topological polar surface area (TPSA) is 122 Å². The standard InChI is InChI=1S/C10H9N3O4S/c11-8-5(2-1-3-6(8)14)9-12-13-10(17-9)18-4-7(15)16/h1-3,14H,4,11H2,(H,15,16). The van der Waals surface area contributed by atoms with E-state index in [1.54, 1.807) is 12.1 Å². The third kappa shape index (κ3) is 2.54. The van der Waals surface area contributed by atoms with Gasteiger partial charge in [-0.3, -0.25) is 4.79 Å². The van der Waals surface area contributed by atoms with E-state index in [0.717, 1.165) is 11.8 Å². The van der Waals surface area contributed by atoms with Crippen molar-refractivity contribution in [1.29, 1.82) is 0 Å². The van der Waals surface area contributed by atoms with Gasteiger partial charge in [0.15, 0.2) is 0 Å². The van der Waals surface area contributed by atoms with Gasteiger partial charge in [0.05, 0.1) is 11.3 Å². The number of para-hydroxylation sites is 1. The summed E-state index contributed by atoms with van der Waals surface area (Å²) in [6, 6.07) is 4.65. The molecule has 18 heavy (non-hydrogen) atoms. The molecule has 2 rings (SSSR count). The molecule has 8 heteroatoms. The number of hydrogen-bond acceptors (Lipinski definition) is 7. The minimum Gasteiger partial charge on any atom is -0.506 e. The number of benzene rings is 1. The quantitative estimate of drug-likeness (QED) is 0.429. The summed E-state index contributed by atoms with van der Waals surface area (Å²) in [7, 11) is 0. The minimum absolute atomic E-state index is 0.0783. The van der Waals surface area contributed by atoms with Gasteiger partial charge in [0.25, 0.3) is 11.1 Å². The van der Waals surface area contributed by atoms with E-state index in [1.165, 1.54) is 6.07 Å². The molecule has 94 valence electrons. The highest BCUT2D eigenvalue weighted by Crippen LogP contribution is 2.32. The Balaban J connectivity index is 2.24. The van der Waals surface area contributed by atoms with Crippen LogP contribution in [0.1, 0.15) is 0 Å². The van der Waals surface area contributed by atoms with E-state index in [9.17, 15) is 9.90 Å². The van der Waals surface area contributed by atoms with Crippen molar-refractivity contribution in [2.45, 2.75) is 5.22 Å². The first-order chi connectivity index (χ1) is 8.58. The van der Waals surface area contributed by atoms with Crippen molar-refractivity contribution in [1.82, 2.24) is 10.2 Å². The Morgan fingerprint density at radius 3 is 2.94 bits per heavy atom. The molecule has 1 aromatic carbocycles. The second kappa shape index (κ2) is 4.96. The predicted molar refractivity (Wildman–Crippen MR) is 64.2 cm³/mol. The van der Waals surface area contributed by atoms with Gasteiger partial charge in [-0.1, -0.05) is 17.8 Å². The molecular weight excluding hydrogens is 258 g/mol. The van der Waals surface area contributed by atoms with Gasteiger partial charge in [-0.15, -0.1) is 10.2 Å². The normalized spacial score (nSPS) is 10.4. The Morgan fingerprint density at radius 2 is 2.22 bits per heavy atom. The number of nitrogens with two attached hydrogens (primary N) is 1. The molecule has 2 aromatic rings. The Morgan fingerprint density at radius 1 is 1.44 bits per heavy atom. The maximum atomic E-state index is 10.4. The lowest BCUT2D eigenvalue weighted by atomic mass is 10.1. The van der Waals surface area contributed by atoms with Crippen molar-refractivity contribution in [3.63, 3.8) is 0 Å². The monoisotopic (exact) mass is 267 g/mol. The molecule has 0 saturated carbocycles. The molecule has 0 amide bonds. The molecule has 0 unspecified atom stereocenters. The SMILES string of the molecule is Nc1c(O)cccc1-c1nnc(SCC(=O)O)o1. The van der Waals surface area contributed by atoms with Crippen LogP contribution in [0.15, 0.2) is 27.8 Å². The van der Waals surface area contributed by atoms with Crippen LogP contribution in [0, 0.1) is 0 Å². The van der Waals surface area contributed by atoms with Crippen LogP contribution in [0.3, 0.4) is 0 Å². The second-order valence-corrected chi connectivity index (χ2v) is 4.22. The number of thioether (sulfide) groups is 1. The molecule has 0 aliphatic heterocycles. The summed E-state index contributed by atoms with van der Waals surface area (Å²) in [5.41, 5.74) is 6.21. The van der Waals surface area contributed by atoms with E-state index >= 15 is 0 Å². The van der Waals surface area contributed by atoms with Crippen LogP contribution in [0.4, 0.5) is 5.69 Å². The molecule has 0 aliphatic carbocycles. The van der Waals surface area contributed by atoms with E-state index in [-0.39, 0.29) is 28.3 Å². The number of rotatable bonds is 4. The molecule has 1 heterocycles. The predicted octanol–water partition coefficient (Wildman–Crippen LogP) is 1.20. The lowest BCUT2D eigenvalue weighted by molar-refractivity contribution is -0.133. The molecule has 0 atom stereocenters. The van der Waals surface area contributed by atoms with Gasteiger partial charge < -0.3 is 20.4 Å². The first-order valence-corrected chi connectivity index (χ1v) is 5.82. The van der Waals surface area contributed by atoms with Crippen LogP contribution >= 0.6 is 11.8 Å². The fourth-order valence-electron chi connectivity index (χ4n) is 1.24. The Bertz CT molecular complexity index is 584. The lowest BCUT2D eigenvalue weighted by Gasteiger charge is -2.02. The fourth-order valence-corrected chi connectivity index (χ4v) is 1.72. The van der Waals surface area contributed by atoms with Crippen LogP contribution in [0.5, 0.6) is 5.75 Å². The summed E-state index contributed by atoms with van der Waals surface area (Å²) in [4.78, 5) is 10.4. The number of anilines is 1. The zero-order valence-electron chi connectivity index (χ0n) is 9.03. The first kappa shape index (κ1) is 12.2. The molecule has 0 bridgehead atoms. The molecule has 4 N–H and O–H groups in total. The van der Waals surface area contributed by atoms with Gasteiger partial charge in [-0.25, -0.2) is 0 Å². The summed E-state index contributed by atoms with van der Waals surface area (Å²) in [5, 5.41) is 25.5. The number of aliphatic carboxylic acids is 1. The minimum atomic E-state index is -0.975. The van der Waals surface area contributed by atoms with Crippen LogP contribution in [0.2, 0.25) is 0 Å². The van der Waals surface area contributed by atoms with Crippen molar-refractivity contribution in [3.05, 3.63) is 18.2 Å². The van der Waals surface area contributed by atoms with Crippen LogP contribution in [-0.4, -0.2) is 32.1 Å². The average molecular weight is 267 g/mol. The number of aromatic hydroxyl groups is 1. The fraction of sp³-hybridized carbons (Fsp3) is 0.100. The number of carbonyl (C=O) groups is 1. The first-order valence-electron chi connectivity index (χ1n) is 4.84. The van der Waals surface area contributed by atoms with Crippen LogP contribution in [-0.2, 0) is 4.79 Å². The zero-order valence-corrected chi connectivity index (χ0v) is 9.85. The number of nitrogens with zero attached hydrogens (tertiary/aromatic N) is 2. The van der Waals surface area contributed by atoms with Crippen molar-refractivity contribution in [2.24, 2.45) is 0 Å². The molecule has 1 aromatic heterocycles. The van der Waals surface area contributed by atoms with Crippen molar-refractivity contribution < 1.29 is 19.4 Å². The number of phenolic OH excluding ortho intramolecular Hbond substituents is 1. The number of aromatic nitrogens is 2. The van der Waals surface area contributed by atoms with Gasteiger partial charge in [0.2, 0.25) is 0 Å². The van der Waals surface area contributed by atoms with E-state index in [4.69, 9.17) is 15.3 Å². The zero-order chi connectivity index (χ0) is 13.1. The molecule has 0 fully saturated rings. The number of carboxylic acid groups (broad SMARTS) is 1. The van der Waals surface area contributed by atoms with Gasteiger partial charge in [-0.05, 0) is 12.1 Å². The number of nitrogen functional groups attached to an aromatic ring is 1. The van der Waals surface area contributed by atoms with Gasteiger partial charge >= 0.3 is 5.97 Å². The van der Waals surface area contributed by atoms with Crippen molar-refractivity contribution in [2.75, 3.05) is 11.5 Å². The Labute approximate surface area is 106 Å². The highest BCUT2D eigenvalue weighted by atomic mass is 32.2. The highest BCUT2D eigenvalue weighted by molar-refractivity contribution is 7.99. The maximum Gasteiger partial charge on any atom is 0.314 e. The van der Waals surface area contributed by atoms with Crippen molar-refractivity contribution in [3.8, 4) is 17.2 Å². The summed E-state index contributed by atoms with van der Waals surface area (Å²) in [6.07, 6.45) is 0. The van der Waals surface area contributed by atoms with Crippen LogP contribution in [0.25, 0.3) is 11.5 Å². The summed E-state index contributed by atoms with van der Waals surface area (Å²) in [5.74, 6) is -1.09. The third-order valence-electron chi connectivity index (χ3n) is 2.04. The lowest BCUT2D eigenvalue weighted by Crippen LogP contribution is -1.97. The van der Waals surface area contributed by atoms with E-state index in [0.29, 0.717) is 5.56 Å². The van der Waals surface area contributed by atoms with E-state index in [1.807, 2.05) is 0 Å². The van der Waals surface area contributed by atoms with Crippen LogP contribution < -0.4 is 5.73 Å². The molecule has 0 radical (unpaired) electrons. The third-order valence-corrected chi connectivity index (χ3v) is 2.84. The molecule has 0 spiro atoms. The second-order valence-electron chi connectivity index (χ2n) is 3.29. The van der Waals surface area contributed by atoms with E-state index in [2.05, 4.69) is 10.2 Å². The Kier molecular flexibility index (Phi) is 3.38. The molecular formula is C10H9N3O4S. The van der Waals surface area contributed by atoms with Crippen molar-refractivity contribution >= 4 is 23.4 Å². The highest BCUT2D eigenvalue weighted by Gasteiger charge is 2.14. The molecule has 0 aliphatic rings. The summed E-state index contributed by atoms with van der Waals surface area (Å²) in [6.45, 7) is 0. The maximum absolute atomic E-state index is 10.4. The van der Waals surface area contributed by atoms with E-state index < -0.39 is 5.97 Å². The van der Waals surface area contributed by atoms with Gasteiger partial charge in [0.1, 0.15) is 11.5 Å². The largest absolute Gasteiger partial charge is 0.506 e. The average Bonchev–Trinajstić information content (AvgIpc) is 2.78. The smallest absolute Gasteiger partial charge is 0.314 e. The Hall–Kier alpha value is -2.22. The number of hydrogen-bond donors (Lipinski definition) is 3. The number of carboxylic acids is 1. The number of phenols is 1. The molecule has 7 nitrogen and oxygen atoms in total. The van der Waals surface area contributed by atoms with Gasteiger partial charge in [0, 0.05) is 0 Å².